The van der Waals surface area contributed by atoms with Gasteiger partial charge in [-0.1, -0.05) is 0 Å². The molecule has 16 heavy (non-hydrogen) atoms. The first-order chi connectivity index (χ1) is 7.59. The predicted molar refractivity (Wildman–Crippen MR) is 58.7 cm³/mol. The topological polar surface area (TPSA) is 84.6 Å². The monoisotopic (exact) mass is 228 g/mol. The van der Waals surface area contributed by atoms with Crippen molar-refractivity contribution in [3.8, 4) is 0 Å². The quantitative estimate of drug-likeness (QED) is 0.585. The number of ether oxygens (including phenoxy) is 1. The minimum absolute atomic E-state index is 0.0190. The van der Waals surface area contributed by atoms with Crippen LogP contribution < -0.4 is 11.1 Å². The van der Waals surface area contributed by atoms with Crippen molar-refractivity contribution in [3.63, 3.8) is 0 Å². The van der Waals surface area contributed by atoms with Gasteiger partial charge in [0.1, 0.15) is 5.60 Å². The maximum atomic E-state index is 11.5. The van der Waals surface area contributed by atoms with E-state index in [2.05, 4.69) is 5.32 Å². The zero-order chi connectivity index (χ0) is 11.6. The summed E-state index contributed by atoms with van der Waals surface area (Å²) in [6, 6.07) is -0.0190. The van der Waals surface area contributed by atoms with Gasteiger partial charge in [-0.05, 0) is 18.8 Å². The average molecular weight is 228 g/mol. The van der Waals surface area contributed by atoms with E-state index in [1.165, 1.54) is 0 Å². The summed E-state index contributed by atoms with van der Waals surface area (Å²) in [6.07, 6.45) is 3.24. The van der Waals surface area contributed by atoms with Crippen LogP contribution in [0.5, 0.6) is 0 Å². The minimum atomic E-state index is -0.876. The molecule has 1 amide bonds. The zero-order valence-corrected chi connectivity index (χ0v) is 9.45. The van der Waals surface area contributed by atoms with Crippen molar-refractivity contribution in [2.75, 3.05) is 19.8 Å². The second-order valence-electron chi connectivity index (χ2n) is 5.01. The van der Waals surface area contributed by atoms with Gasteiger partial charge in [-0.15, -0.1) is 0 Å². The second-order valence-corrected chi connectivity index (χ2v) is 5.01. The lowest BCUT2D eigenvalue weighted by atomic mass is 10.0. The highest BCUT2D eigenvalue weighted by Gasteiger charge is 2.33. The van der Waals surface area contributed by atoms with E-state index in [4.69, 9.17) is 10.5 Å². The Bertz CT molecular complexity index is 260. The Kier molecular flexibility index (Phi) is 3.47. The van der Waals surface area contributed by atoms with Crippen LogP contribution in [0, 0.1) is 5.92 Å². The number of aliphatic hydroxyl groups is 1. The molecule has 1 saturated heterocycles. The summed E-state index contributed by atoms with van der Waals surface area (Å²) in [7, 11) is 0. The van der Waals surface area contributed by atoms with Gasteiger partial charge in [0.25, 0.3) is 0 Å². The van der Waals surface area contributed by atoms with Crippen LogP contribution in [0.25, 0.3) is 0 Å². The van der Waals surface area contributed by atoms with E-state index >= 15 is 0 Å². The molecule has 2 rings (SSSR count). The Labute approximate surface area is 95.3 Å². The fourth-order valence-electron chi connectivity index (χ4n) is 1.98. The molecule has 5 heteroatoms. The standard InChI is InChI=1S/C11H20N2O3/c12-9(8-1-2-8)5-10(14)13-6-11(15)3-4-16-7-11/h8-9,15H,1-7,12H2,(H,13,14). The summed E-state index contributed by atoms with van der Waals surface area (Å²) in [5.74, 6) is 0.461. The number of nitrogens with one attached hydrogen (secondary N) is 1. The number of carbonyl (C=O) groups is 1. The normalized spacial score (nSPS) is 31.4. The molecule has 5 nitrogen and oxygen atoms in total. The third-order valence-corrected chi connectivity index (χ3v) is 3.35. The van der Waals surface area contributed by atoms with Crippen LogP contribution in [0.4, 0.5) is 0 Å². The first-order valence-corrected chi connectivity index (χ1v) is 5.91. The Morgan fingerprint density at radius 1 is 1.62 bits per heavy atom. The van der Waals surface area contributed by atoms with E-state index in [-0.39, 0.29) is 18.5 Å². The molecule has 0 aromatic rings. The number of hydrogen-bond donors (Lipinski definition) is 3. The van der Waals surface area contributed by atoms with Crippen molar-refractivity contribution in [2.45, 2.75) is 37.3 Å². The van der Waals surface area contributed by atoms with Crippen LogP contribution in [0.3, 0.4) is 0 Å². The number of hydrogen-bond acceptors (Lipinski definition) is 4. The molecule has 2 fully saturated rings. The number of nitrogens with two attached hydrogens (primary N) is 1. The van der Waals surface area contributed by atoms with Crippen molar-refractivity contribution in [1.82, 2.24) is 5.32 Å². The number of carbonyl (C=O) groups excluding carboxylic acids is 1. The highest BCUT2D eigenvalue weighted by molar-refractivity contribution is 5.76. The Morgan fingerprint density at radius 3 is 2.94 bits per heavy atom. The van der Waals surface area contributed by atoms with Crippen LogP contribution >= 0.6 is 0 Å². The molecule has 0 radical (unpaired) electrons. The summed E-state index contributed by atoms with van der Waals surface area (Å²) >= 11 is 0. The van der Waals surface area contributed by atoms with Crippen LogP contribution in [-0.2, 0) is 9.53 Å². The average Bonchev–Trinajstić information content (AvgIpc) is 3.00. The molecule has 0 spiro atoms. The smallest absolute Gasteiger partial charge is 0.221 e. The molecule has 0 aromatic heterocycles. The second kappa shape index (κ2) is 4.69. The molecule has 2 unspecified atom stereocenters. The van der Waals surface area contributed by atoms with E-state index in [1.807, 2.05) is 0 Å². The Hall–Kier alpha value is -0.650. The third-order valence-electron chi connectivity index (χ3n) is 3.35. The van der Waals surface area contributed by atoms with Crippen molar-refractivity contribution in [2.24, 2.45) is 11.7 Å². The van der Waals surface area contributed by atoms with E-state index in [0.29, 0.717) is 32.0 Å². The van der Waals surface area contributed by atoms with Gasteiger partial charge in [0.2, 0.25) is 5.91 Å². The van der Waals surface area contributed by atoms with Crippen molar-refractivity contribution in [1.29, 1.82) is 0 Å². The number of rotatable bonds is 5. The SMILES string of the molecule is NC(CC(=O)NCC1(O)CCOC1)C1CC1. The van der Waals surface area contributed by atoms with Gasteiger partial charge >= 0.3 is 0 Å². The molecule has 2 atom stereocenters. The van der Waals surface area contributed by atoms with Crippen LogP contribution in [0.15, 0.2) is 0 Å². The van der Waals surface area contributed by atoms with Gasteiger partial charge in [-0.3, -0.25) is 4.79 Å². The molecule has 92 valence electrons. The molecule has 1 heterocycles. The molecule has 1 saturated carbocycles. The van der Waals surface area contributed by atoms with Gasteiger partial charge in [0, 0.05) is 32.0 Å². The summed E-state index contributed by atoms with van der Waals surface area (Å²) in [6.45, 7) is 1.14. The zero-order valence-electron chi connectivity index (χ0n) is 9.45. The molecule has 2 aliphatic rings. The van der Waals surface area contributed by atoms with Crippen molar-refractivity contribution >= 4 is 5.91 Å². The lowest BCUT2D eigenvalue weighted by Gasteiger charge is -2.21. The molecule has 1 aliphatic heterocycles. The Balaban J connectivity index is 1.66. The Morgan fingerprint density at radius 2 is 2.38 bits per heavy atom. The lowest BCUT2D eigenvalue weighted by Crippen LogP contribution is -2.44. The lowest BCUT2D eigenvalue weighted by molar-refractivity contribution is -0.122. The van der Waals surface area contributed by atoms with E-state index < -0.39 is 5.60 Å². The fraction of sp³-hybridized carbons (Fsp3) is 0.909. The largest absolute Gasteiger partial charge is 0.386 e. The first kappa shape index (κ1) is 11.8. The fourth-order valence-corrected chi connectivity index (χ4v) is 1.98. The summed E-state index contributed by atoms with van der Waals surface area (Å²) in [5, 5.41) is 12.7. The van der Waals surface area contributed by atoms with Gasteiger partial charge in [0.15, 0.2) is 0 Å². The van der Waals surface area contributed by atoms with Crippen LogP contribution in [0.1, 0.15) is 25.7 Å². The van der Waals surface area contributed by atoms with Crippen LogP contribution in [-0.4, -0.2) is 42.4 Å². The van der Waals surface area contributed by atoms with E-state index in [1.54, 1.807) is 0 Å². The van der Waals surface area contributed by atoms with E-state index in [0.717, 1.165) is 12.8 Å². The highest BCUT2D eigenvalue weighted by atomic mass is 16.5. The van der Waals surface area contributed by atoms with E-state index in [9.17, 15) is 9.90 Å². The maximum absolute atomic E-state index is 11.5. The first-order valence-electron chi connectivity index (χ1n) is 5.91. The molecular weight excluding hydrogens is 208 g/mol. The van der Waals surface area contributed by atoms with Crippen molar-refractivity contribution in [3.05, 3.63) is 0 Å². The van der Waals surface area contributed by atoms with Crippen molar-refractivity contribution < 1.29 is 14.6 Å². The predicted octanol–water partition coefficient (Wildman–Crippen LogP) is -0.619. The minimum Gasteiger partial charge on any atom is -0.386 e. The van der Waals surface area contributed by atoms with Gasteiger partial charge < -0.3 is 20.9 Å². The maximum Gasteiger partial charge on any atom is 0.221 e. The molecule has 0 bridgehead atoms. The van der Waals surface area contributed by atoms with Gasteiger partial charge in [0.05, 0.1) is 6.61 Å². The van der Waals surface area contributed by atoms with Gasteiger partial charge in [-0.2, -0.15) is 0 Å². The summed E-state index contributed by atoms with van der Waals surface area (Å²) in [4.78, 5) is 11.5. The van der Waals surface area contributed by atoms with Crippen LogP contribution in [0.2, 0.25) is 0 Å². The van der Waals surface area contributed by atoms with Gasteiger partial charge in [-0.25, -0.2) is 0 Å². The highest BCUT2D eigenvalue weighted by Crippen LogP contribution is 2.32. The summed E-state index contributed by atoms with van der Waals surface area (Å²) < 4.78 is 5.10. The molecular formula is C11H20N2O3. The number of amides is 1. The molecule has 0 aromatic carbocycles. The summed E-state index contributed by atoms with van der Waals surface area (Å²) in [5.41, 5.74) is 4.97. The molecule has 4 N–H and O–H groups in total. The third kappa shape index (κ3) is 3.17. The molecule has 1 aliphatic carbocycles.